The zero-order valence-corrected chi connectivity index (χ0v) is 16.4. The van der Waals surface area contributed by atoms with Gasteiger partial charge in [0.1, 0.15) is 0 Å². The van der Waals surface area contributed by atoms with Crippen LogP contribution < -0.4 is 4.72 Å². The molecule has 0 radical (unpaired) electrons. The summed E-state index contributed by atoms with van der Waals surface area (Å²) in [5.74, 6) is -0.200. The fourth-order valence-corrected chi connectivity index (χ4v) is 6.11. The highest BCUT2D eigenvalue weighted by atomic mass is 35.5. The molecule has 0 saturated heterocycles. The van der Waals surface area contributed by atoms with E-state index in [9.17, 15) is 26.9 Å². The minimum Gasteiger partial charge on any atom is -0.258 e. The molecule has 11 heteroatoms. The molecule has 0 aromatic heterocycles. The Morgan fingerprint density at radius 2 is 1.93 bits per heavy atom. The first-order chi connectivity index (χ1) is 12.5. The van der Waals surface area contributed by atoms with Crippen LogP contribution in [0.4, 0.5) is 5.69 Å². The molecule has 0 unspecified atom stereocenters. The van der Waals surface area contributed by atoms with Gasteiger partial charge in [-0.1, -0.05) is 11.6 Å². The van der Waals surface area contributed by atoms with E-state index in [0.29, 0.717) is 5.02 Å². The molecule has 0 spiro atoms. The molecular weight excluding hydrogens is 416 g/mol. The second-order valence-corrected chi connectivity index (χ2v) is 10.4. The van der Waals surface area contributed by atoms with Crippen molar-refractivity contribution < 1.29 is 21.8 Å². The van der Waals surface area contributed by atoms with Crippen LogP contribution in [0.2, 0.25) is 5.02 Å². The van der Waals surface area contributed by atoms with E-state index in [1.54, 1.807) is 0 Å². The van der Waals surface area contributed by atoms with Crippen molar-refractivity contribution in [3.8, 4) is 0 Å². The van der Waals surface area contributed by atoms with Gasteiger partial charge in [-0.2, -0.15) is 0 Å². The third-order valence-corrected chi connectivity index (χ3v) is 7.85. The van der Waals surface area contributed by atoms with E-state index in [2.05, 4.69) is 4.72 Å². The normalized spacial score (nSPS) is 18.7. The van der Waals surface area contributed by atoms with Crippen molar-refractivity contribution in [1.82, 2.24) is 4.72 Å². The first-order valence-corrected chi connectivity index (χ1v) is 11.3. The van der Waals surface area contributed by atoms with Gasteiger partial charge in [0.2, 0.25) is 10.0 Å². The van der Waals surface area contributed by atoms with Crippen molar-refractivity contribution in [2.24, 2.45) is 0 Å². The lowest BCUT2D eigenvalue weighted by Gasteiger charge is -2.26. The summed E-state index contributed by atoms with van der Waals surface area (Å²) in [6.07, 6.45) is 0.0564. The van der Waals surface area contributed by atoms with Gasteiger partial charge in [0, 0.05) is 22.7 Å². The lowest BCUT2D eigenvalue weighted by Crippen LogP contribution is -2.34. The lowest BCUT2D eigenvalue weighted by atomic mass is 10.1. The van der Waals surface area contributed by atoms with E-state index in [4.69, 9.17) is 11.6 Å². The molecule has 1 aliphatic rings. The topological polar surface area (TPSA) is 123 Å². The number of nitro groups is 1. The summed E-state index contributed by atoms with van der Waals surface area (Å²) in [6.45, 7) is 1.44. The zero-order valence-electron chi connectivity index (χ0n) is 14.0. The summed E-state index contributed by atoms with van der Waals surface area (Å²) in [4.78, 5) is 10.2. The number of nitrogens with one attached hydrogen (secondary N) is 1. The number of halogens is 1. The second kappa shape index (κ2) is 6.86. The molecule has 2 aromatic carbocycles. The number of benzene rings is 2. The molecule has 3 rings (SSSR count). The fourth-order valence-electron chi connectivity index (χ4n) is 2.99. The van der Waals surface area contributed by atoms with Gasteiger partial charge in [0.25, 0.3) is 5.69 Å². The standard InChI is InChI=1S/C16H15ClN2O6S2/c1-10-8-12(3-4-15(10)19(20)21)27(24,25)18-14-6-7-26(22,23)16-5-2-11(17)9-13(14)16/h2-5,8-9,14,18H,6-7H2,1H3/t14-/m1/s1. The summed E-state index contributed by atoms with van der Waals surface area (Å²) < 4.78 is 52.4. The van der Waals surface area contributed by atoms with Crippen LogP contribution in [0.3, 0.4) is 0 Å². The maximum Gasteiger partial charge on any atom is 0.272 e. The number of fused-ring (bicyclic) bond motifs is 1. The van der Waals surface area contributed by atoms with Crippen molar-refractivity contribution in [3.05, 3.63) is 62.7 Å². The molecule has 0 saturated carbocycles. The van der Waals surface area contributed by atoms with Crippen LogP contribution >= 0.6 is 11.6 Å². The van der Waals surface area contributed by atoms with Crippen LogP contribution in [0.15, 0.2) is 46.2 Å². The van der Waals surface area contributed by atoms with Crippen LogP contribution in [0.1, 0.15) is 23.6 Å². The number of hydrogen-bond donors (Lipinski definition) is 1. The van der Waals surface area contributed by atoms with Crippen molar-refractivity contribution in [2.75, 3.05) is 5.75 Å². The Bertz CT molecular complexity index is 1150. The molecule has 144 valence electrons. The van der Waals surface area contributed by atoms with Crippen LogP contribution in [-0.4, -0.2) is 27.5 Å². The highest BCUT2D eigenvalue weighted by Gasteiger charge is 2.33. The highest BCUT2D eigenvalue weighted by molar-refractivity contribution is 7.91. The molecule has 1 N–H and O–H groups in total. The van der Waals surface area contributed by atoms with E-state index in [-0.39, 0.29) is 38.8 Å². The third-order valence-electron chi connectivity index (χ3n) is 4.33. The Balaban J connectivity index is 1.99. The molecule has 0 amide bonds. The maximum atomic E-state index is 12.7. The molecule has 1 aliphatic heterocycles. The van der Waals surface area contributed by atoms with Crippen LogP contribution in [0.25, 0.3) is 0 Å². The average Bonchev–Trinajstić information content (AvgIpc) is 2.57. The molecule has 1 heterocycles. The molecule has 27 heavy (non-hydrogen) atoms. The predicted molar refractivity (Wildman–Crippen MR) is 99.0 cm³/mol. The van der Waals surface area contributed by atoms with Gasteiger partial charge >= 0.3 is 0 Å². The summed E-state index contributed by atoms with van der Waals surface area (Å²) in [5.41, 5.74) is 0.309. The monoisotopic (exact) mass is 430 g/mol. The average molecular weight is 431 g/mol. The summed E-state index contributed by atoms with van der Waals surface area (Å²) in [5, 5.41) is 11.2. The van der Waals surface area contributed by atoms with Gasteiger partial charge in [-0.25, -0.2) is 21.6 Å². The zero-order chi connectivity index (χ0) is 20.0. The van der Waals surface area contributed by atoms with Gasteiger partial charge in [-0.15, -0.1) is 0 Å². The van der Waals surface area contributed by atoms with Gasteiger partial charge < -0.3 is 0 Å². The van der Waals surface area contributed by atoms with Crippen LogP contribution in [0, 0.1) is 17.0 Å². The largest absolute Gasteiger partial charge is 0.272 e. The molecule has 1 atom stereocenters. The summed E-state index contributed by atoms with van der Waals surface area (Å²) >= 11 is 5.96. The molecule has 0 aliphatic carbocycles. The quantitative estimate of drug-likeness (QED) is 0.587. The van der Waals surface area contributed by atoms with Crippen LogP contribution in [0.5, 0.6) is 0 Å². The van der Waals surface area contributed by atoms with Gasteiger partial charge in [-0.05, 0) is 49.2 Å². The number of rotatable bonds is 4. The number of hydrogen-bond acceptors (Lipinski definition) is 6. The van der Waals surface area contributed by atoms with Gasteiger partial charge in [-0.3, -0.25) is 10.1 Å². The summed E-state index contributed by atoms with van der Waals surface area (Å²) in [7, 11) is -7.53. The Kier molecular flexibility index (Phi) is 5.02. The fraction of sp³-hybridized carbons (Fsp3) is 0.250. The highest BCUT2D eigenvalue weighted by Crippen LogP contribution is 2.35. The minimum atomic E-state index is -4.03. The van der Waals surface area contributed by atoms with Crippen molar-refractivity contribution >= 4 is 37.1 Å². The Morgan fingerprint density at radius 1 is 1.22 bits per heavy atom. The number of sulfone groups is 1. The minimum absolute atomic E-state index is 0.0470. The molecule has 0 fully saturated rings. The maximum absolute atomic E-state index is 12.7. The second-order valence-electron chi connectivity index (χ2n) is 6.17. The molecule has 2 aromatic rings. The molecular formula is C16H15ClN2O6S2. The van der Waals surface area contributed by atoms with E-state index in [1.165, 1.54) is 31.2 Å². The molecule has 8 nitrogen and oxygen atoms in total. The van der Waals surface area contributed by atoms with Crippen molar-refractivity contribution in [1.29, 1.82) is 0 Å². The van der Waals surface area contributed by atoms with Crippen molar-refractivity contribution in [2.45, 2.75) is 29.2 Å². The van der Waals surface area contributed by atoms with Crippen LogP contribution in [-0.2, 0) is 19.9 Å². The van der Waals surface area contributed by atoms with Gasteiger partial charge in [0.15, 0.2) is 9.84 Å². The first kappa shape index (κ1) is 19.7. The number of nitrogens with zero attached hydrogens (tertiary/aromatic N) is 1. The SMILES string of the molecule is Cc1cc(S(=O)(=O)N[C@@H]2CCS(=O)(=O)c3ccc(Cl)cc32)ccc1[N+](=O)[O-]. The van der Waals surface area contributed by atoms with E-state index < -0.39 is 30.8 Å². The number of nitro benzene ring substituents is 1. The van der Waals surface area contributed by atoms with Crippen molar-refractivity contribution in [3.63, 3.8) is 0 Å². The van der Waals surface area contributed by atoms with E-state index in [1.807, 2.05) is 0 Å². The Morgan fingerprint density at radius 3 is 2.56 bits per heavy atom. The third kappa shape index (κ3) is 3.84. The Labute approximate surface area is 161 Å². The first-order valence-electron chi connectivity index (χ1n) is 7.81. The van der Waals surface area contributed by atoms with E-state index >= 15 is 0 Å². The smallest absolute Gasteiger partial charge is 0.258 e. The Hall–Kier alpha value is -2.01. The van der Waals surface area contributed by atoms with E-state index in [0.717, 1.165) is 12.1 Å². The number of aryl methyl sites for hydroxylation is 1. The lowest BCUT2D eigenvalue weighted by molar-refractivity contribution is -0.385. The predicted octanol–water partition coefficient (Wildman–Crippen LogP) is 2.75. The number of sulfonamides is 1. The summed E-state index contributed by atoms with van der Waals surface area (Å²) in [6, 6.07) is 6.94. The van der Waals surface area contributed by atoms with Gasteiger partial charge in [0.05, 0.1) is 20.5 Å². The molecule has 0 bridgehead atoms.